The number of piperazine rings is 1. The molecule has 1 aromatic heterocycles. The molecule has 42 heavy (non-hydrogen) atoms. The Morgan fingerprint density at radius 3 is 2.26 bits per heavy atom. The van der Waals surface area contributed by atoms with E-state index >= 15 is 0 Å². The molecule has 2 aromatic carbocycles. The lowest BCUT2D eigenvalue weighted by Crippen LogP contribution is -2.62. The highest BCUT2D eigenvalue weighted by Crippen LogP contribution is 2.37. The fraction of sp³-hybridized carbons (Fsp3) is 0.484. The quantitative estimate of drug-likeness (QED) is 0.358. The van der Waals surface area contributed by atoms with Crippen LogP contribution in [0.1, 0.15) is 46.1 Å². The molecule has 9 nitrogen and oxygen atoms in total. The molecule has 1 unspecified atom stereocenters. The fourth-order valence-corrected chi connectivity index (χ4v) is 6.47. The van der Waals surface area contributed by atoms with E-state index in [-0.39, 0.29) is 18.0 Å². The Morgan fingerprint density at radius 2 is 1.64 bits per heavy atom. The first kappa shape index (κ1) is 30.2. The highest BCUT2D eigenvalue weighted by atomic mass is 35.5. The normalized spacial score (nSPS) is 19.1. The number of halogens is 2. The van der Waals surface area contributed by atoms with Crippen molar-refractivity contribution in [3.63, 3.8) is 0 Å². The molecule has 2 saturated heterocycles. The number of amides is 2. The van der Waals surface area contributed by atoms with Crippen LogP contribution < -0.4 is 4.90 Å². The molecule has 2 fully saturated rings. The van der Waals surface area contributed by atoms with E-state index in [4.69, 9.17) is 27.9 Å². The summed E-state index contributed by atoms with van der Waals surface area (Å²) >= 11 is 13.0. The molecule has 0 radical (unpaired) electrons. The summed E-state index contributed by atoms with van der Waals surface area (Å²) in [4.78, 5) is 33.4. The SMILES string of the molecule is Cc1cccc(N2CCN(C(=O)C3(n4cc(-c5c(Cl)cccc5Cl)nn4)CCN(C(=O)OC(C)(C)C)CC3)CC2C)c1. The number of benzene rings is 2. The van der Waals surface area contributed by atoms with Crippen molar-refractivity contribution in [2.45, 2.75) is 64.6 Å². The molecule has 2 amide bonds. The summed E-state index contributed by atoms with van der Waals surface area (Å²) in [6, 6.07) is 13.8. The van der Waals surface area contributed by atoms with Gasteiger partial charge in [-0.3, -0.25) is 4.79 Å². The van der Waals surface area contributed by atoms with Crippen LogP contribution in [0.25, 0.3) is 11.3 Å². The molecule has 3 aromatic rings. The number of carbonyl (C=O) groups excluding carboxylic acids is 2. The summed E-state index contributed by atoms with van der Waals surface area (Å²) in [5.41, 5.74) is 1.79. The smallest absolute Gasteiger partial charge is 0.410 e. The molecule has 0 bridgehead atoms. The van der Waals surface area contributed by atoms with Gasteiger partial charge in [0.1, 0.15) is 16.8 Å². The number of hydrogen-bond acceptors (Lipinski definition) is 6. The maximum absolute atomic E-state index is 14.5. The lowest BCUT2D eigenvalue weighted by Gasteiger charge is -2.47. The lowest BCUT2D eigenvalue weighted by atomic mass is 9.85. The Bertz CT molecular complexity index is 1440. The predicted molar refractivity (Wildman–Crippen MR) is 165 cm³/mol. The second-order valence-electron chi connectivity index (χ2n) is 12.3. The zero-order valence-corrected chi connectivity index (χ0v) is 26.3. The van der Waals surface area contributed by atoms with Crippen LogP contribution in [0.2, 0.25) is 10.0 Å². The van der Waals surface area contributed by atoms with Crippen molar-refractivity contribution in [2.24, 2.45) is 0 Å². The first-order valence-corrected chi connectivity index (χ1v) is 15.1. The van der Waals surface area contributed by atoms with Crippen LogP contribution in [-0.4, -0.2) is 81.2 Å². The summed E-state index contributed by atoms with van der Waals surface area (Å²) in [6.45, 7) is 12.3. The van der Waals surface area contributed by atoms with E-state index < -0.39 is 11.1 Å². The molecule has 3 heterocycles. The van der Waals surface area contributed by atoms with Crippen LogP contribution >= 0.6 is 23.2 Å². The number of nitrogens with zero attached hydrogens (tertiary/aromatic N) is 6. The van der Waals surface area contributed by atoms with Gasteiger partial charge in [-0.05, 0) is 77.3 Å². The molecule has 0 saturated carbocycles. The van der Waals surface area contributed by atoms with Gasteiger partial charge in [-0.25, -0.2) is 9.48 Å². The second-order valence-corrected chi connectivity index (χ2v) is 13.1. The Balaban J connectivity index is 1.43. The van der Waals surface area contributed by atoms with E-state index in [2.05, 4.69) is 53.3 Å². The number of aryl methyl sites for hydroxylation is 1. The number of carbonyl (C=O) groups is 2. The summed E-state index contributed by atoms with van der Waals surface area (Å²) in [7, 11) is 0. The molecule has 11 heteroatoms. The van der Waals surface area contributed by atoms with Gasteiger partial charge in [-0.2, -0.15) is 0 Å². The van der Waals surface area contributed by atoms with Gasteiger partial charge in [-0.1, -0.05) is 46.6 Å². The summed E-state index contributed by atoms with van der Waals surface area (Å²) in [5, 5.41) is 9.77. The van der Waals surface area contributed by atoms with Crippen LogP contribution in [0.15, 0.2) is 48.7 Å². The Labute approximate surface area is 257 Å². The molecule has 2 aliphatic heterocycles. The van der Waals surface area contributed by atoms with E-state index in [1.54, 1.807) is 34.0 Å². The van der Waals surface area contributed by atoms with E-state index in [1.165, 1.54) is 5.56 Å². The van der Waals surface area contributed by atoms with Gasteiger partial charge in [0, 0.05) is 50.0 Å². The molecule has 0 aliphatic carbocycles. The zero-order valence-electron chi connectivity index (χ0n) is 24.8. The molecule has 0 N–H and O–H groups in total. The zero-order chi connectivity index (χ0) is 30.2. The number of likely N-dealkylation sites (tertiary alicyclic amines) is 1. The minimum absolute atomic E-state index is 0.0243. The van der Waals surface area contributed by atoms with Gasteiger partial charge in [0.15, 0.2) is 0 Å². The van der Waals surface area contributed by atoms with Gasteiger partial charge >= 0.3 is 6.09 Å². The largest absolute Gasteiger partial charge is 0.444 e. The molecule has 2 aliphatic rings. The van der Waals surface area contributed by atoms with E-state index in [9.17, 15) is 9.59 Å². The van der Waals surface area contributed by atoms with Gasteiger partial charge < -0.3 is 19.4 Å². The molecule has 1 atom stereocenters. The van der Waals surface area contributed by atoms with Crippen LogP contribution in [0, 0.1) is 6.92 Å². The first-order chi connectivity index (χ1) is 19.9. The third kappa shape index (κ3) is 6.08. The maximum Gasteiger partial charge on any atom is 0.410 e. The standard InChI is InChI=1S/C31H38Cl2N6O3/c1-21-8-6-9-23(18-21)38-17-16-37(19-22(38)2)28(40)31(12-14-36(15-13-31)29(41)42-30(3,4)5)39-20-26(34-35-39)27-24(32)10-7-11-25(27)33/h6-11,18,20,22H,12-17,19H2,1-5H3. The highest BCUT2D eigenvalue weighted by Gasteiger charge is 2.48. The highest BCUT2D eigenvalue weighted by molar-refractivity contribution is 6.39. The monoisotopic (exact) mass is 612 g/mol. The topological polar surface area (TPSA) is 83.8 Å². The minimum Gasteiger partial charge on any atom is -0.444 e. The number of anilines is 1. The molecular weight excluding hydrogens is 575 g/mol. The average Bonchev–Trinajstić information content (AvgIpc) is 3.42. The molecule has 224 valence electrons. The summed E-state index contributed by atoms with van der Waals surface area (Å²) in [6.07, 6.45) is 2.11. The van der Waals surface area contributed by atoms with Crippen molar-refractivity contribution in [2.75, 3.05) is 37.6 Å². The van der Waals surface area contributed by atoms with Gasteiger partial charge in [-0.15, -0.1) is 5.10 Å². The Kier molecular flexibility index (Phi) is 8.45. The van der Waals surface area contributed by atoms with Crippen molar-refractivity contribution in [3.8, 4) is 11.3 Å². The van der Waals surface area contributed by atoms with Crippen molar-refractivity contribution in [1.29, 1.82) is 0 Å². The second kappa shape index (κ2) is 11.8. The van der Waals surface area contributed by atoms with Crippen LogP contribution in [0.4, 0.5) is 10.5 Å². The van der Waals surface area contributed by atoms with Gasteiger partial charge in [0.05, 0.1) is 16.2 Å². The van der Waals surface area contributed by atoms with E-state index in [1.807, 2.05) is 25.7 Å². The lowest BCUT2D eigenvalue weighted by molar-refractivity contribution is -0.145. The van der Waals surface area contributed by atoms with E-state index in [0.29, 0.717) is 66.9 Å². The molecule has 0 spiro atoms. The average molecular weight is 614 g/mol. The Hall–Kier alpha value is -3.30. The van der Waals surface area contributed by atoms with E-state index in [0.717, 1.165) is 5.69 Å². The number of rotatable bonds is 4. The van der Waals surface area contributed by atoms with Gasteiger partial charge in [0.2, 0.25) is 0 Å². The Morgan fingerprint density at radius 1 is 0.976 bits per heavy atom. The van der Waals surface area contributed by atoms with Crippen molar-refractivity contribution < 1.29 is 14.3 Å². The maximum atomic E-state index is 14.5. The number of hydrogen-bond donors (Lipinski definition) is 0. The van der Waals surface area contributed by atoms with Crippen LogP contribution in [0.3, 0.4) is 0 Å². The predicted octanol–water partition coefficient (Wildman–Crippen LogP) is 6.02. The third-order valence-electron chi connectivity index (χ3n) is 8.04. The number of piperidine rings is 1. The fourth-order valence-electron chi connectivity index (χ4n) is 5.88. The third-order valence-corrected chi connectivity index (χ3v) is 8.67. The summed E-state index contributed by atoms with van der Waals surface area (Å²) < 4.78 is 7.28. The van der Waals surface area contributed by atoms with Crippen molar-refractivity contribution >= 4 is 40.9 Å². The van der Waals surface area contributed by atoms with Gasteiger partial charge in [0.25, 0.3) is 5.91 Å². The van der Waals surface area contributed by atoms with Crippen molar-refractivity contribution in [3.05, 3.63) is 64.3 Å². The molecular formula is C31H38Cl2N6O3. The van der Waals surface area contributed by atoms with Crippen LogP contribution in [0.5, 0.6) is 0 Å². The summed E-state index contributed by atoms with van der Waals surface area (Å²) in [5.74, 6) is -0.0243. The number of ether oxygens (including phenoxy) is 1. The molecule has 5 rings (SSSR count). The first-order valence-electron chi connectivity index (χ1n) is 14.4. The van der Waals surface area contributed by atoms with Crippen molar-refractivity contribution in [1.82, 2.24) is 24.8 Å². The number of aromatic nitrogens is 3. The van der Waals surface area contributed by atoms with Crippen LogP contribution in [-0.2, 0) is 15.1 Å². The minimum atomic E-state index is -1.03.